The zero-order valence-corrected chi connectivity index (χ0v) is 16.7. The first kappa shape index (κ1) is 21.7. The lowest BCUT2D eigenvalue weighted by Crippen LogP contribution is -2.28. The molecule has 0 atom stereocenters. The van der Waals surface area contributed by atoms with E-state index in [1.54, 1.807) is 13.0 Å². The Morgan fingerprint density at radius 2 is 1.79 bits per heavy atom. The maximum atomic E-state index is 11.3. The van der Waals surface area contributed by atoms with Gasteiger partial charge in [0.05, 0.1) is 17.8 Å². The van der Waals surface area contributed by atoms with E-state index < -0.39 is 20.1 Å². The van der Waals surface area contributed by atoms with E-state index in [-0.39, 0.29) is 35.9 Å². The highest BCUT2D eigenvalue weighted by molar-refractivity contribution is 7.88. The minimum Gasteiger partial charge on any atom is -0.464 e. The molecule has 1 aromatic heterocycles. The summed E-state index contributed by atoms with van der Waals surface area (Å²) in [6.45, 7) is 2.38. The number of benzene rings is 1. The molecule has 0 radical (unpaired) electrons. The lowest BCUT2D eigenvalue weighted by atomic mass is 10.3. The van der Waals surface area contributed by atoms with Crippen molar-refractivity contribution in [3.63, 3.8) is 0 Å². The van der Waals surface area contributed by atoms with Gasteiger partial charge in [0.15, 0.2) is 0 Å². The van der Waals surface area contributed by atoms with E-state index in [1.807, 2.05) is 0 Å². The molecule has 12 nitrogen and oxygen atoms in total. The molecule has 0 saturated heterocycles. The van der Waals surface area contributed by atoms with Crippen molar-refractivity contribution in [2.24, 2.45) is 0 Å². The average Bonchev–Trinajstić information content (AvgIpc) is 2.58. The second kappa shape index (κ2) is 9.09. The second-order valence-corrected chi connectivity index (χ2v) is 8.67. The molecule has 28 heavy (non-hydrogen) atoms. The lowest BCUT2D eigenvalue weighted by Gasteiger charge is -2.11. The average molecular weight is 432 g/mol. The van der Waals surface area contributed by atoms with Crippen LogP contribution in [0.3, 0.4) is 0 Å². The summed E-state index contributed by atoms with van der Waals surface area (Å²) in [5.74, 6) is 0.187. The van der Waals surface area contributed by atoms with Crippen molar-refractivity contribution in [3.8, 4) is 6.01 Å². The van der Waals surface area contributed by atoms with E-state index in [0.717, 1.165) is 6.26 Å². The maximum absolute atomic E-state index is 11.3. The van der Waals surface area contributed by atoms with Gasteiger partial charge in [0.2, 0.25) is 21.9 Å². The quantitative estimate of drug-likeness (QED) is 0.299. The predicted octanol–water partition coefficient (Wildman–Crippen LogP) is 0.222. The van der Waals surface area contributed by atoms with Crippen LogP contribution in [0.15, 0.2) is 29.2 Å². The molecule has 0 aliphatic carbocycles. The third-order valence-electron chi connectivity index (χ3n) is 3.05. The van der Waals surface area contributed by atoms with Gasteiger partial charge in [-0.3, -0.25) is 4.55 Å². The van der Waals surface area contributed by atoms with Crippen LogP contribution < -0.4 is 20.1 Å². The van der Waals surface area contributed by atoms with E-state index in [2.05, 4.69) is 30.3 Å². The summed E-state index contributed by atoms with van der Waals surface area (Å²) in [6.07, 6.45) is 1.05. The highest BCUT2D eigenvalue weighted by Gasteiger charge is 2.12. The van der Waals surface area contributed by atoms with Crippen LogP contribution in [0.4, 0.5) is 17.6 Å². The largest absolute Gasteiger partial charge is 0.464 e. The Labute approximate surface area is 162 Å². The first-order chi connectivity index (χ1) is 13.1. The predicted molar refractivity (Wildman–Crippen MR) is 102 cm³/mol. The fourth-order valence-electron chi connectivity index (χ4n) is 1.96. The Bertz CT molecular complexity index is 1030. The van der Waals surface area contributed by atoms with Crippen LogP contribution in [0.25, 0.3) is 0 Å². The Hall–Kier alpha value is -2.55. The number of aromatic nitrogens is 3. The maximum Gasteiger partial charge on any atom is 0.323 e. The molecule has 0 bridgehead atoms. The number of nitrogens with one attached hydrogen (secondary N) is 3. The van der Waals surface area contributed by atoms with Crippen molar-refractivity contribution in [3.05, 3.63) is 24.3 Å². The van der Waals surface area contributed by atoms with Crippen LogP contribution in [0.1, 0.15) is 6.92 Å². The van der Waals surface area contributed by atoms with Gasteiger partial charge in [-0.05, 0) is 25.1 Å². The summed E-state index contributed by atoms with van der Waals surface area (Å²) in [4.78, 5) is 11.9. The molecular weight excluding hydrogens is 412 g/mol. The molecule has 0 aliphatic heterocycles. The van der Waals surface area contributed by atoms with Gasteiger partial charge in [-0.1, -0.05) is 6.07 Å². The minimum absolute atomic E-state index is 0.0181. The molecule has 0 spiro atoms. The van der Waals surface area contributed by atoms with E-state index in [1.165, 1.54) is 18.2 Å². The van der Waals surface area contributed by atoms with Crippen LogP contribution in [0.5, 0.6) is 6.01 Å². The first-order valence-electron chi connectivity index (χ1n) is 7.99. The molecule has 1 heterocycles. The zero-order chi connectivity index (χ0) is 20.8. The van der Waals surface area contributed by atoms with Crippen molar-refractivity contribution in [2.75, 3.05) is 36.6 Å². The molecular formula is C14H20N6O6S2. The highest BCUT2D eigenvalue weighted by atomic mass is 32.2. The third-order valence-corrected chi connectivity index (χ3v) is 4.63. The number of rotatable bonds is 10. The van der Waals surface area contributed by atoms with Crippen molar-refractivity contribution in [1.29, 1.82) is 0 Å². The smallest absolute Gasteiger partial charge is 0.323 e. The Morgan fingerprint density at radius 3 is 2.43 bits per heavy atom. The summed E-state index contributed by atoms with van der Waals surface area (Å²) in [5, 5.41) is 5.63. The summed E-state index contributed by atoms with van der Waals surface area (Å²) in [5.41, 5.74) is 0.313. The van der Waals surface area contributed by atoms with Crippen molar-refractivity contribution in [2.45, 2.75) is 11.8 Å². The molecule has 0 unspecified atom stereocenters. The van der Waals surface area contributed by atoms with E-state index in [4.69, 9.17) is 9.29 Å². The molecule has 0 fully saturated rings. The lowest BCUT2D eigenvalue weighted by molar-refractivity contribution is 0.312. The van der Waals surface area contributed by atoms with Crippen molar-refractivity contribution in [1.82, 2.24) is 19.7 Å². The van der Waals surface area contributed by atoms with Crippen LogP contribution >= 0.6 is 0 Å². The summed E-state index contributed by atoms with van der Waals surface area (Å²) >= 11 is 0. The number of anilines is 3. The second-order valence-electron chi connectivity index (χ2n) is 5.42. The van der Waals surface area contributed by atoms with E-state index in [9.17, 15) is 16.8 Å². The van der Waals surface area contributed by atoms with Gasteiger partial charge in [-0.25, -0.2) is 13.1 Å². The number of nitrogens with zero attached hydrogens (tertiary/aromatic N) is 3. The van der Waals surface area contributed by atoms with Gasteiger partial charge in [0.25, 0.3) is 10.1 Å². The van der Waals surface area contributed by atoms with Crippen molar-refractivity contribution < 1.29 is 26.1 Å². The zero-order valence-electron chi connectivity index (χ0n) is 15.1. The van der Waals surface area contributed by atoms with Crippen molar-refractivity contribution >= 4 is 37.7 Å². The summed E-state index contributed by atoms with van der Waals surface area (Å²) in [7, 11) is -7.67. The Balaban J connectivity index is 2.18. The van der Waals surface area contributed by atoms with Crippen LogP contribution in [0.2, 0.25) is 0 Å². The monoisotopic (exact) mass is 432 g/mol. The third kappa shape index (κ3) is 7.22. The van der Waals surface area contributed by atoms with Gasteiger partial charge in [-0.2, -0.15) is 23.4 Å². The Morgan fingerprint density at radius 1 is 1.07 bits per heavy atom. The molecule has 2 aromatic rings. The number of hydrogen-bond acceptors (Lipinski definition) is 10. The molecule has 14 heteroatoms. The number of sulfonamides is 1. The van der Waals surface area contributed by atoms with Gasteiger partial charge >= 0.3 is 6.01 Å². The SMILES string of the molecule is CCOc1nc(NCCNS(C)(=O)=O)nc(Nc2cccc(S(=O)(=O)O)c2)n1. The highest BCUT2D eigenvalue weighted by Crippen LogP contribution is 2.20. The van der Waals surface area contributed by atoms with Crippen LogP contribution in [0, 0.1) is 0 Å². The molecule has 1 aromatic carbocycles. The standard InChI is InChI=1S/C14H20N6O6S2/c1-3-26-14-19-12(15-7-8-16-27(2,21)22)18-13(20-14)17-10-5-4-6-11(9-10)28(23,24)25/h4-6,9,16H,3,7-8H2,1-2H3,(H,23,24,25)(H2,15,17,18,19,20). The fourth-order valence-corrected chi connectivity index (χ4v) is 2.96. The van der Waals surface area contributed by atoms with Gasteiger partial charge in [0.1, 0.15) is 0 Å². The van der Waals surface area contributed by atoms with E-state index >= 15 is 0 Å². The Kier molecular flexibility index (Phi) is 7.06. The normalized spacial score (nSPS) is 11.8. The molecule has 2 rings (SSSR count). The number of ether oxygens (including phenoxy) is 1. The van der Waals surface area contributed by atoms with E-state index in [0.29, 0.717) is 12.3 Å². The van der Waals surface area contributed by atoms with Gasteiger partial charge < -0.3 is 15.4 Å². The topological polar surface area (TPSA) is 172 Å². The van der Waals surface area contributed by atoms with Crippen LogP contribution in [-0.4, -0.2) is 62.3 Å². The molecule has 0 amide bonds. The summed E-state index contributed by atoms with van der Waals surface area (Å²) < 4.78 is 61.4. The molecule has 154 valence electrons. The van der Waals surface area contributed by atoms with Gasteiger partial charge in [-0.15, -0.1) is 0 Å². The molecule has 0 saturated carbocycles. The fraction of sp³-hybridized carbons (Fsp3) is 0.357. The first-order valence-corrected chi connectivity index (χ1v) is 11.3. The summed E-state index contributed by atoms with van der Waals surface area (Å²) in [6, 6.07) is 5.46. The molecule has 4 N–H and O–H groups in total. The molecule has 0 aliphatic rings. The van der Waals surface area contributed by atoms with Gasteiger partial charge in [0, 0.05) is 18.8 Å². The van der Waals surface area contributed by atoms with Crippen LogP contribution in [-0.2, 0) is 20.1 Å². The number of hydrogen-bond donors (Lipinski definition) is 4. The minimum atomic E-state index is -4.36.